The second-order valence-corrected chi connectivity index (χ2v) is 5.55. The van der Waals surface area contributed by atoms with Crippen LogP contribution in [0.5, 0.6) is 0 Å². The van der Waals surface area contributed by atoms with E-state index in [4.69, 9.17) is 0 Å². The first-order chi connectivity index (χ1) is 10.6. The van der Waals surface area contributed by atoms with Crippen LogP contribution in [-0.2, 0) is 13.0 Å². The van der Waals surface area contributed by atoms with Crippen molar-refractivity contribution >= 4 is 17.0 Å². The van der Waals surface area contributed by atoms with Gasteiger partial charge in [-0.15, -0.1) is 0 Å². The zero-order valence-corrected chi connectivity index (χ0v) is 12.0. The third-order valence-electron chi connectivity index (χ3n) is 4.14. The van der Waals surface area contributed by atoms with Gasteiger partial charge in [-0.05, 0) is 42.2 Å². The Labute approximate surface area is 125 Å². The summed E-state index contributed by atoms with van der Waals surface area (Å²) in [5.74, 6) is 0.311. The van der Waals surface area contributed by atoms with Crippen molar-refractivity contribution in [2.24, 2.45) is 0 Å². The van der Waals surface area contributed by atoms with Gasteiger partial charge in [0.15, 0.2) is 5.65 Å². The summed E-state index contributed by atoms with van der Waals surface area (Å²) < 4.78 is 13.5. The summed E-state index contributed by atoms with van der Waals surface area (Å²) in [6.45, 7) is 3.18. The smallest absolute Gasteiger partial charge is 0.263 e. The van der Waals surface area contributed by atoms with Crippen LogP contribution in [0.15, 0.2) is 23.1 Å². The molecule has 112 valence electrons. The quantitative estimate of drug-likeness (QED) is 0.716. The lowest BCUT2D eigenvalue weighted by molar-refractivity contribution is 0.615. The molecule has 1 aliphatic heterocycles. The van der Waals surface area contributed by atoms with E-state index in [-0.39, 0.29) is 11.4 Å². The highest BCUT2D eigenvalue weighted by atomic mass is 19.1. The number of benzene rings is 1. The van der Waals surface area contributed by atoms with Gasteiger partial charge in [0.05, 0.1) is 6.20 Å². The van der Waals surface area contributed by atoms with E-state index in [2.05, 4.69) is 20.2 Å². The normalized spacial score (nSPS) is 14.4. The van der Waals surface area contributed by atoms with Crippen LogP contribution >= 0.6 is 0 Å². The molecule has 3 aromatic rings. The Hall–Kier alpha value is -2.70. The molecule has 0 bridgehead atoms. The van der Waals surface area contributed by atoms with Gasteiger partial charge in [-0.3, -0.25) is 14.9 Å². The lowest BCUT2D eigenvalue weighted by atomic mass is 9.95. The zero-order valence-electron chi connectivity index (χ0n) is 12.0. The Bertz CT molecular complexity index is 929. The molecule has 7 heteroatoms. The Balaban J connectivity index is 1.76. The number of nitrogens with one attached hydrogen (secondary N) is 2. The zero-order chi connectivity index (χ0) is 15.3. The molecule has 4 rings (SSSR count). The first-order valence-corrected chi connectivity index (χ1v) is 7.08. The highest BCUT2D eigenvalue weighted by molar-refractivity contribution is 5.73. The summed E-state index contributed by atoms with van der Waals surface area (Å²) >= 11 is 0. The van der Waals surface area contributed by atoms with Crippen molar-refractivity contribution in [3.63, 3.8) is 0 Å². The third-order valence-corrected chi connectivity index (χ3v) is 4.14. The van der Waals surface area contributed by atoms with Crippen molar-refractivity contribution in [1.29, 1.82) is 0 Å². The van der Waals surface area contributed by atoms with Gasteiger partial charge in [0, 0.05) is 13.1 Å². The molecule has 0 radical (unpaired) electrons. The van der Waals surface area contributed by atoms with Crippen LogP contribution in [0.2, 0.25) is 0 Å². The van der Waals surface area contributed by atoms with Gasteiger partial charge < -0.3 is 4.90 Å². The topological polar surface area (TPSA) is 77.7 Å². The highest BCUT2D eigenvalue weighted by Gasteiger charge is 2.21. The van der Waals surface area contributed by atoms with E-state index in [1.807, 2.05) is 11.8 Å². The second-order valence-electron chi connectivity index (χ2n) is 5.55. The molecular formula is C15H14FN5O. The van der Waals surface area contributed by atoms with Crippen molar-refractivity contribution in [3.8, 4) is 0 Å². The van der Waals surface area contributed by atoms with E-state index < -0.39 is 0 Å². The molecule has 0 saturated heterocycles. The maximum absolute atomic E-state index is 13.5. The number of H-pyrrole nitrogens is 2. The molecule has 22 heavy (non-hydrogen) atoms. The van der Waals surface area contributed by atoms with Crippen LogP contribution in [0.25, 0.3) is 11.0 Å². The molecule has 2 N–H and O–H groups in total. The maximum atomic E-state index is 13.5. The van der Waals surface area contributed by atoms with Crippen molar-refractivity contribution in [3.05, 3.63) is 51.2 Å². The van der Waals surface area contributed by atoms with Crippen molar-refractivity contribution in [2.45, 2.75) is 19.9 Å². The average molecular weight is 299 g/mol. The lowest BCUT2D eigenvalue weighted by Crippen LogP contribution is -2.33. The number of hydrogen-bond acceptors (Lipinski definition) is 4. The number of aromatic amines is 2. The second kappa shape index (κ2) is 4.66. The Morgan fingerprint density at radius 1 is 1.36 bits per heavy atom. The molecule has 3 heterocycles. The molecule has 0 amide bonds. The molecule has 1 aromatic carbocycles. The summed E-state index contributed by atoms with van der Waals surface area (Å²) in [7, 11) is 0. The average Bonchev–Trinajstić information content (AvgIpc) is 2.96. The number of hydrogen-bond donors (Lipinski definition) is 2. The molecule has 0 aliphatic carbocycles. The van der Waals surface area contributed by atoms with Crippen LogP contribution in [0, 0.1) is 12.7 Å². The predicted molar refractivity (Wildman–Crippen MR) is 80.4 cm³/mol. The summed E-state index contributed by atoms with van der Waals surface area (Å²) in [6.07, 6.45) is 2.18. The Morgan fingerprint density at radius 3 is 3.09 bits per heavy atom. The third kappa shape index (κ3) is 1.97. The van der Waals surface area contributed by atoms with E-state index in [9.17, 15) is 9.18 Å². The molecule has 0 fully saturated rings. The van der Waals surface area contributed by atoms with Gasteiger partial charge in [-0.2, -0.15) is 10.1 Å². The molecule has 1 aliphatic rings. The summed E-state index contributed by atoms with van der Waals surface area (Å²) in [4.78, 5) is 21.2. The molecule has 2 aromatic heterocycles. The van der Waals surface area contributed by atoms with Crippen molar-refractivity contribution in [2.75, 3.05) is 11.4 Å². The first-order valence-electron chi connectivity index (χ1n) is 7.08. The summed E-state index contributed by atoms with van der Waals surface area (Å²) in [6, 6.07) is 3.13. The van der Waals surface area contributed by atoms with Crippen LogP contribution in [0.3, 0.4) is 0 Å². The minimum Gasteiger partial charge on any atom is -0.338 e. The minimum absolute atomic E-state index is 0.199. The fraction of sp³-hybridized carbons (Fsp3) is 0.267. The molecule has 0 saturated carbocycles. The largest absolute Gasteiger partial charge is 0.338 e. The van der Waals surface area contributed by atoms with E-state index in [0.29, 0.717) is 30.1 Å². The van der Waals surface area contributed by atoms with Crippen LogP contribution in [-0.4, -0.2) is 26.7 Å². The predicted octanol–water partition coefficient (Wildman–Crippen LogP) is 1.66. The number of aryl methyl sites for hydroxylation is 1. The van der Waals surface area contributed by atoms with E-state index in [1.54, 1.807) is 6.07 Å². The van der Waals surface area contributed by atoms with Gasteiger partial charge in [0.2, 0.25) is 5.95 Å². The maximum Gasteiger partial charge on any atom is 0.263 e. The van der Waals surface area contributed by atoms with Gasteiger partial charge in [0.25, 0.3) is 5.56 Å². The number of anilines is 1. The summed E-state index contributed by atoms with van der Waals surface area (Å²) in [5, 5.41) is 7.00. The van der Waals surface area contributed by atoms with Crippen LogP contribution < -0.4 is 10.5 Å². The minimum atomic E-state index is -0.213. The lowest BCUT2D eigenvalue weighted by Gasteiger charge is -2.30. The van der Waals surface area contributed by atoms with Crippen molar-refractivity contribution in [1.82, 2.24) is 20.2 Å². The fourth-order valence-corrected chi connectivity index (χ4v) is 2.98. The van der Waals surface area contributed by atoms with Gasteiger partial charge in [-0.1, -0.05) is 0 Å². The monoisotopic (exact) mass is 299 g/mol. The van der Waals surface area contributed by atoms with Crippen LogP contribution in [0.4, 0.5) is 10.3 Å². The molecule has 0 atom stereocenters. The first kappa shape index (κ1) is 13.0. The number of halogens is 1. The molecular weight excluding hydrogens is 285 g/mol. The molecule has 6 nitrogen and oxygen atoms in total. The van der Waals surface area contributed by atoms with Gasteiger partial charge in [0.1, 0.15) is 11.2 Å². The fourth-order valence-electron chi connectivity index (χ4n) is 2.98. The van der Waals surface area contributed by atoms with Gasteiger partial charge in [-0.25, -0.2) is 4.39 Å². The highest BCUT2D eigenvalue weighted by Crippen LogP contribution is 2.25. The van der Waals surface area contributed by atoms with Crippen LogP contribution in [0.1, 0.15) is 16.7 Å². The number of nitrogens with zero attached hydrogens (tertiary/aromatic N) is 3. The van der Waals surface area contributed by atoms with Crippen molar-refractivity contribution < 1.29 is 4.39 Å². The molecule has 0 unspecified atom stereocenters. The number of rotatable bonds is 1. The number of aromatic nitrogens is 4. The standard InChI is InChI=1S/C15H14FN5O/c1-8-4-10(16)5-9-2-3-21(7-12(8)9)15-18-13-11(6-17-20-13)14(22)19-15/h4-6H,2-3,7H2,1H3,(H2,17,18,19,20,22). The summed E-state index contributed by atoms with van der Waals surface area (Å²) in [5.41, 5.74) is 3.30. The molecule has 0 spiro atoms. The SMILES string of the molecule is Cc1cc(F)cc2c1CN(c1nc3[nH]ncc3c(=O)[nH]1)CC2. The van der Waals surface area contributed by atoms with E-state index in [0.717, 1.165) is 23.1 Å². The van der Waals surface area contributed by atoms with E-state index in [1.165, 1.54) is 12.3 Å². The van der Waals surface area contributed by atoms with Gasteiger partial charge >= 0.3 is 0 Å². The number of fused-ring (bicyclic) bond motifs is 2. The Kier molecular flexibility index (Phi) is 2.75. The Morgan fingerprint density at radius 2 is 2.23 bits per heavy atom. The van der Waals surface area contributed by atoms with E-state index >= 15 is 0 Å².